The molecular weight excluding hydrogens is 422 g/mol. The summed E-state index contributed by atoms with van der Waals surface area (Å²) in [6.07, 6.45) is 2.37. The number of anilines is 1. The van der Waals surface area contributed by atoms with Crippen LogP contribution in [0.15, 0.2) is 9.59 Å². The third-order valence-electron chi connectivity index (χ3n) is 5.65. The Morgan fingerprint density at radius 1 is 0.875 bits per heavy atom. The molecule has 0 aliphatic carbocycles. The van der Waals surface area contributed by atoms with Crippen molar-refractivity contribution >= 4 is 5.69 Å². The number of hydrogen-bond acceptors (Lipinski definition) is 10. The van der Waals surface area contributed by atoms with E-state index in [9.17, 15) is 30.0 Å². The summed E-state index contributed by atoms with van der Waals surface area (Å²) in [6.45, 7) is 2.10. The van der Waals surface area contributed by atoms with Crippen LogP contribution in [-0.4, -0.2) is 77.5 Å². The Morgan fingerprint density at radius 2 is 1.53 bits per heavy atom. The van der Waals surface area contributed by atoms with Crippen molar-refractivity contribution in [3.63, 3.8) is 0 Å². The van der Waals surface area contributed by atoms with Crippen molar-refractivity contribution in [2.75, 3.05) is 31.7 Å². The molecule has 1 heterocycles. The fourth-order valence-corrected chi connectivity index (χ4v) is 3.64. The molecule has 5 N–H and O–H groups in total. The molecule has 0 radical (unpaired) electrons. The number of hydrogen-bond donors (Lipinski definition) is 5. The predicted molar refractivity (Wildman–Crippen MR) is 118 cm³/mol. The number of aliphatic hydroxyl groups excluding tert-OH is 4. The van der Waals surface area contributed by atoms with Crippen molar-refractivity contribution in [2.24, 2.45) is 0 Å². The molecule has 0 saturated carbocycles. The van der Waals surface area contributed by atoms with Gasteiger partial charge in [0.1, 0.15) is 30.1 Å². The second-order valence-electron chi connectivity index (χ2n) is 8.18. The van der Waals surface area contributed by atoms with Gasteiger partial charge in [0.15, 0.2) is 12.0 Å². The Kier molecular flexibility index (Phi) is 11.6. The van der Waals surface area contributed by atoms with Crippen molar-refractivity contribution < 1.29 is 34.6 Å². The first-order valence-corrected chi connectivity index (χ1v) is 11.5. The van der Waals surface area contributed by atoms with E-state index in [4.69, 9.17) is 14.2 Å². The van der Waals surface area contributed by atoms with Crippen LogP contribution in [0.5, 0.6) is 5.75 Å². The van der Waals surface area contributed by atoms with Gasteiger partial charge < -0.3 is 40.0 Å². The first-order valence-electron chi connectivity index (χ1n) is 11.5. The highest BCUT2D eigenvalue weighted by atomic mass is 16.7. The second-order valence-corrected chi connectivity index (χ2v) is 8.18. The standard InChI is InChI=1S/C22H37NO9/c1-2-3-4-5-6-7-8-9-11-30-21-15(17(26)19(21)28)23-10-12-31-22-20(29)18(27)16(25)14(13-24)32-22/h14,16,18,20,22-25,27,29H,2-13H2,1H3/t14-,16-,18+,20+,22+/m1/s1. The van der Waals surface area contributed by atoms with Gasteiger partial charge >= 0.3 is 0 Å². The van der Waals surface area contributed by atoms with Crippen LogP contribution >= 0.6 is 0 Å². The Bertz CT molecular complexity index is 731. The molecule has 32 heavy (non-hydrogen) atoms. The molecule has 10 nitrogen and oxygen atoms in total. The molecule has 1 fully saturated rings. The van der Waals surface area contributed by atoms with Crippen LogP contribution in [0.25, 0.3) is 0 Å². The van der Waals surface area contributed by atoms with Crippen LogP contribution in [0, 0.1) is 0 Å². The van der Waals surface area contributed by atoms with Crippen molar-refractivity contribution in [1.82, 2.24) is 0 Å². The summed E-state index contributed by atoms with van der Waals surface area (Å²) >= 11 is 0. The quantitative estimate of drug-likeness (QED) is 0.169. The fraction of sp³-hybridized carbons (Fsp3) is 0.818. The third-order valence-corrected chi connectivity index (χ3v) is 5.65. The van der Waals surface area contributed by atoms with Crippen LogP contribution in [0.4, 0.5) is 5.69 Å². The summed E-state index contributed by atoms with van der Waals surface area (Å²) < 4.78 is 16.1. The van der Waals surface area contributed by atoms with Crippen molar-refractivity contribution in [2.45, 2.75) is 89.0 Å². The zero-order valence-corrected chi connectivity index (χ0v) is 18.7. The van der Waals surface area contributed by atoms with Gasteiger partial charge in [-0.1, -0.05) is 51.9 Å². The van der Waals surface area contributed by atoms with E-state index in [1.165, 1.54) is 32.1 Å². The lowest BCUT2D eigenvalue weighted by Crippen LogP contribution is -2.59. The lowest BCUT2D eigenvalue weighted by molar-refractivity contribution is -0.300. The molecule has 2 rings (SSSR count). The maximum atomic E-state index is 11.8. The largest absolute Gasteiger partial charge is 0.487 e. The number of aliphatic hydroxyl groups is 4. The average molecular weight is 460 g/mol. The van der Waals surface area contributed by atoms with E-state index in [1.807, 2.05) is 0 Å². The molecule has 0 spiro atoms. The molecule has 5 atom stereocenters. The average Bonchev–Trinajstić information content (AvgIpc) is 2.80. The second kappa shape index (κ2) is 13.9. The van der Waals surface area contributed by atoms with Crippen molar-refractivity contribution in [3.05, 3.63) is 20.4 Å². The molecule has 10 heteroatoms. The first-order chi connectivity index (χ1) is 15.4. The third kappa shape index (κ3) is 7.23. The van der Waals surface area contributed by atoms with Gasteiger partial charge in [0.25, 0.3) is 10.9 Å². The first kappa shape index (κ1) is 26.7. The Morgan fingerprint density at radius 3 is 2.19 bits per heavy atom. The van der Waals surface area contributed by atoms with E-state index in [0.29, 0.717) is 6.61 Å². The minimum Gasteiger partial charge on any atom is -0.487 e. The summed E-state index contributed by atoms with van der Waals surface area (Å²) in [5.74, 6) is 0.0331. The lowest BCUT2D eigenvalue weighted by Gasteiger charge is -2.39. The minimum atomic E-state index is -1.52. The monoisotopic (exact) mass is 459 g/mol. The Hall–Kier alpha value is -1.56. The highest BCUT2D eigenvalue weighted by Crippen LogP contribution is 2.22. The molecule has 1 aromatic carbocycles. The van der Waals surface area contributed by atoms with Crippen LogP contribution in [-0.2, 0) is 9.47 Å². The molecule has 1 aliphatic rings. The van der Waals surface area contributed by atoms with Gasteiger partial charge in [0.05, 0.1) is 19.8 Å². The smallest absolute Gasteiger partial charge is 0.272 e. The Labute approximate surface area is 187 Å². The SMILES string of the molecule is CCCCCCCCCCOc1c(NCCO[C@H]2O[C@H](CO)[C@@H](O)[C@H](O)[C@@H]2O)c(=O)c1=O. The van der Waals surface area contributed by atoms with Crippen LogP contribution in [0.3, 0.4) is 0 Å². The molecule has 0 unspecified atom stereocenters. The highest BCUT2D eigenvalue weighted by Gasteiger charge is 2.43. The highest BCUT2D eigenvalue weighted by molar-refractivity contribution is 5.61. The van der Waals surface area contributed by atoms with Crippen molar-refractivity contribution in [1.29, 1.82) is 0 Å². The summed E-state index contributed by atoms with van der Waals surface area (Å²) in [4.78, 5) is 23.6. The molecule has 1 aliphatic heterocycles. The zero-order valence-electron chi connectivity index (χ0n) is 18.7. The van der Waals surface area contributed by atoms with E-state index in [2.05, 4.69) is 12.2 Å². The zero-order chi connectivity index (χ0) is 23.5. The summed E-state index contributed by atoms with van der Waals surface area (Å²) in [5, 5.41) is 41.4. The predicted octanol–water partition coefficient (Wildman–Crippen LogP) is 0.0305. The molecule has 0 bridgehead atoms. The van der Waals surface area contributed by atoms with Crippen LogP contribution in [0.1, 0.15) is 58.3 Å². The summed E-state index contributed by atoms with van der Waals surface area (Å²) in [7, 11) is 0. The number of ether oxygens (including phenoxy) is 3. The van der Waals surface area contributed by atoms with E-state index in [1.54, 1.807) is 0 Å². The van der Waals surface area contributed by atoms with E-state index in [0.717, 1.165) is 19.3 Å². The van der Waals surface area contributed by atoms with Crippen LogP contribution < -0.4 is 20.9 Å². The van der Waals surface area contributed by atoms with Gasteiger partial charge in [-0.3, -0.25) is 9.59 Å². The van der Waals surface area contributed by atoms with E-state index >= 15 is 0 Å². The normalized spacial score (nSPS) is 25.8. The Balaban J connectivity index is 1.66. The van der Waals surface area contributed by atoms with Crippen LogP contribution in [0.2, 0.25) is 0 Å². The molecule has 184 valence electrons. The molecule has 1 aromatic rings. The molecular formula is C22H37NO9. The van der Waals surface area contributed by atoms with E-state index in [-0.39, 0.29) is 24.6 Å². The van der Waals surface area contributed by atoms with Gasteiger partial charge in [-0.25, -0.2) is 0 Å². The van der Waals surface area contributed by atoms with Gasteiger partial charge in [-0.05, 0) is 6.42 Å². The summed E-state index contributed by atoms with van der Waals surface area (Å²) in [5.41, 5.74) is -1.20. The number of rotatable bonds is 16. The van der Waals surface area contributed by atoms with E-state index < -0.39 is 48.2 Å². The topological polar surface area (TPSA) is 155 Å². The fourth-order valence-electron chi connectivity index (χ4n) is 3.64. The van der Waals surface area contributed by atoms with Gasteiger partial charge in [-0.2, -0.15) is 0 Å². The number of nitrogens with one attached hydrogen (secondary N) is 1. The maximum Gasteiger partial charge on any atom is 0.272 e. The number of unbranched alkanes of at least 4 members (excludes halogenated alkanes) is 7. The molecule has 0 amide bonds. The molecule has 1 saturated heterocycles. The lowest BCUT2D eigenvalue weighted by atomic mass is 9.99. The van der Waals surface area contributed by atoms with Crippen molar-refractivity contribution in [3.8, 4) is 5.75 Å². The molecule has 0 aromatic heterocycles. The maximum absolute atomic E-state index is 11.8. The van der Waals surface area contributed by atoms with Gasteiger partial charge in [-0.15, -0.1) is 0 Å². The minimum absolute atomic E-state index is 0.0288. The summed E-state index contributed by atoms with van der Waals surface area (Å²) in [6, 6.07) is 0. The van der Waals surface area contributed by atoms with Gasteiger partial charge in [0, 0.05) is 6.54 Å². The van der Waals surface area contributed by atoms with Gasteiger partial charge in [0.2, 0.25) is 0 Å².